The molecule has 0 saturated carbocycles. The van der Waals surface area contributed by atoms with Gasteiger partial charge in [-0.1, -0.05) is 0 Å². The Bertz CT molecular complexity index is 258. The van der Waals surface area contributed by atoms with E-state index in [4.69, 9.17) is 16.3 Å². The maximum atomic E-state index is 11.0. The van der Waals surface area contributed by atoms with Crippen LogP contribution in [0.1, 0.15) is 19.8 Å². The lowest BCUT2D eigenvalue weighted by atomic mass is 10.3. The van der Waals surface area contributed by atoms with Gasteiger partial charge in [-0.15, -0.1) is 11.6 Å². The van der Waals surface area contributed by atoms with Gasteiger partial charge in [0.05, 0.1) is 6.61 Å². The summed E-state index contributed by atoms with van der Waals surface area (Å²) in [6.07, 6.45) is 0.693. The molecule has 0 radical (unpaired) electrons. The van der Waals surface area contributed by atoms with E-state index in [-0.39, 0.29) is 18.3 Å². The first kappa shape index (κ1) is 14.7. The van der Waals surface area contributed by atoms with Crippen molar-refractivity contribution in [2.45, 2.75) is 19.8 Å². The van der Waals surface area contributed by atoms with Crippen molar-refractivity contribution >= 4 is 29.5 Å². The SMILES string of the molecule is CCOC(=O)CCCNC(=O)NC(=O)CCl. The number of alkyl halides is 1. The van der Waals surface area contributed by atoms with E-state index in [2.05, 4.69) is 5.32 Å². The molecule has 0 aromatic rings. The van der Waals surface area contributed by atoms with Crippen molar-refractivity contribution < 1.29 is 19.1 Å². The first-order chi connectivity index (χ1) is 7.60. The number of halogens is 1. The second-order valence-corrected chi connectivity index (χ2v) is 3.11. The van der Waals surface area contributed by atoms with E-state index in [1.807, 2.05) is 5.32 Å². The predicted molar refractivity (Wildman–Crippen MR) is 58.1 cm³/mol. The molecule has 0 saturated heterocycles. The number of hydrogen-bond donors (Lipinski definition) is 2. The highest BCUT2D eigenvalue weighted by atomic mass is 35.5. The Hall–Kier alpha value is -1.30. The van der Waals surface area contributed by atoms with Gasteiger partial charge in [0.1, 0.15) is 5.88 Å². The first-order valence-corrected chi connectivity index (χ1v) is 5.42. The van der Waals surface area contributed by atoms with Crippen molar-refractivity contribution in [3.63, 3.8) is 0 Å². The average Bonchev–Trinajstić information content (AvgIpc) is 2.24. The summed E-state index contributed by atoms with van der Waals surface area (Å²) in [5.41, 5.74) is 0. The predicted octanol–water partition coefficient (Wildman–Crippen LogP) is 0.394. The Labute approximate surface area is 98.7 Å². The zero-order valence-electron chi connectivity index (χ0n) is 9.05. The number of hydrogen-bond acceptors (Lipinski definition) is 4. The molecule has 3 amide bonds. The van der Waals surface area contributed by atoms with Crippen LogP contribution in [0.25, 0.3) is 0 Å². The van der Waals surface area contributed by atoms with Crippen LogP contribution in [0.2, 0.25) is 0 Å². The quantitative estimate of drug-likeness (QED) is 0.406. The highest BCUT2D eigenvalue weighted by Gasteiger charge is 2.06. The van der Waals surface area contributed by atoms with Gasteiger partial charge < -0.3 is 10.1 Å². The fourth-order valence-electron chi connectivity index (χ4n) is 0.872. The summed E-state index contributed by atoms with van der Waals surface area (Å²) in [6, 6.07) is -0.616. The number of amides is 3. The Morgan fingerprint density at radius 3 is 2.56 bits per heavy atom. The van der Waals surface area contributed by atoms with Gasteiger partial charge in [-0.25, -0.2) is 4.79 Å². The molecule has 0 aromatic carbocycles. The van der Waals surface area contributed by atoms with E-state index < -0.39 is 11.9 Å². The summed E-state index contributed by atoms with van der Waals surface area (Å²) in [4.78, 5) is 32.5. The Kier molecular flexibility index (Phi) is 8.24. The van der Waals surface area contributed by atoms with Crippen LogP contribution in [0.15, 0.2) is 0 Å². The lowest BCUT2D eigenvalue weighted by Crippen LogP contribution is -2.40. The van der Waals surface area contributed by atoms with Crippen LogP contribution in [0.5, 0.6) is 0 Å². The van der Waals surface area contributed by atoms with Crippen molar-refractivity contribution in [2.24, 2.45) is 0 Å². The van der Waals surface area contributed by atoms with Crippen LogP contribution in [-0.4, -0.2) is 36.9 Å². The second kappa shape index (κ2) is 8.96. The minimum atomic E-state index is -0.616. The molecule has 0 rings (SSSR count). The molecule has 92 valence electrons. The molecule has 16 heavy (non-hydrogen) atoms. The summed E-state index contributed by atoms with van der Waals surface area (Å²) in [5.74, 6) is -1.14. The third-order valence-corrected chi connectivity index (χ3v) is 1.77. The van der Waals surface area contributed by atoms with Gasteiger partial charge in [0.25, 0.3) is 0 Å². The van der Waals surface area contributed by atoms with Crippen LogP contribution < -0.4 is 10.6 Å². The molecule has 2 N–H and O–H groups in total. The highest BCUT2D eigenvalue weighted by molar-refractivity contribution is 6.28. The van der Waals surface area contributed by atoms with Gasteiger partial charge in [-0.3, -0.25) is 14.9 Å². The van der Waals surface area contributed by atoms with Gasteiger partial charge in [-0.05, 0) is 13.3 Å². The second-order valence-electron chi connectivity index (χ2n) is 2.85. The lowest BCUT2D eigenvalue weighted by Gasteiger charge is -2.05. The molecule has 0 atom stereocenters. The highest BCUT2D eigenvalue weighted by Crippen LogP contribution is 1.91. The van der Waals surface area contributed by atoms with Crippen molar-refractivity contribution in [1.82, 2.24) is 10.6 Å². The molecule has 0 aromatic heterocycles. The molecular weight excluding hydrogens is 236 g/mol. The van der Waals surface area contributed by atoms with Crippen LogP contribution >= 0.6 is 11.6 Å². The van der Waals surface area contributed by atoms with Crippen LogP contribution in [-0.2, 0) is 14.3 Å². The topological polar surface area (TPSA) is 84.5 Å². The smallest absolute Gasteiger partial charge is 0.321 e. The number of nitrogens with one attached hydrogen (secondary N) is 2. The third kappa shape index (κ3) is 8.05. The van der Waals surface area contributed by atoms with Gasteiger partial charge >= 0.3 is 12.0 Å². The summed E-state index contributed by atoms with van der Waals surface area (Å²) < 4.78 is 4.69. The molecule has 0 aliphatic rings. The third-order valence-electron chi connectivity index (χ3n) is 1.52. The van der Waals surface area contributed by atoms with E-state index >= 15 is 0 Å². The van der Waals surface area contributed by atoms with Gasteiger partial charge in [0.15, 0.2) is 0 Å². The largest absolute Gasteiger partial charge is 0.466 e. The van der Waals surface area contributed by atoms with Crippen molar-refractivity contribution in [3.8, 4) is 0 Å². The number of urea groups is 1. The van der Waals surface area contributed by atoms with E-state index in [1.54, 1.807) is 6.92 Å². The molecular formula is C9H15ClN2O4. The van der Waals surface area contributed by atoms with E-state index in [9.17, 15) is 14.4 Å². The van der Waals surface area contributed by atoms with Gasteiger partial charge in [0, 0.05) is 13.0 Å². The lowest BCUT2D eigenvalue weighted by molar-refractivity contribution is -0.143. The summed E-state index contributed by atoms with van der Waals surface area (Å²) in [5, 5.41) is 4.41. The fourth-order valence-corrected chi connectivity index (χ4v) is 0.939. The molecule has 0 unspecified atom stereocenters. The number of rotatable bonds is 6. The monoisotopic (exact) mass is 250 g/mol. The van der Waals surface area contributed by atoms with Crippen molar-refractivity contribution in [1.29, 1.82) is 0 Å². The standard InChI is InChI=1S/C9H15ClN2O4/c1-2-16-8(14)4-3-5-11-9(15)12-7(13)6-10/h2-6H2,1H3,(H2,11,12,13,15). The first-order valence-electron chi connectivity index (χ1n) is 4.89. The van der Waals surface area contributed by atoms with E-state index in [1.165, 1.54) is 0 Å². The molecule has 6 nitrogen and oxygen atoms in total. The molecule has 7 heteroatoms. The van der Waals surface area contributed by atoms with Crippen molar-refractivity contribution in [3.05, 3.63) is 0 Å². The minimum Gasteiger partial charge on any atom is -0.466 e. The zero-order valence-corrected chi connectivity index (χ0v) is 9.80. The molecule has 0 aliphatic carbocycles. The number of carbonyl (C=O) groups is 3. The van der Waals surface area contributed by atoms with Crippen LogP contribution in [0.4, 0.5) is 4.79 Å². The van der Waals surface area contributed by atoms with E-state index in [0.717, 1.165) is 0 Å². The van der Waals surface area contributed by atoms with Crippen LogP contribution in [0, 0.1) is 0 Å². The van der Waals surface area contributed by atoms with Crippen LogP contribution in [0.3, 0.4) is 0 Å². The van der Waals surface area contributed by atoms with E-state index in [0.29, 0.717) is 19.6 Å². The Morgan fingerprint density at radius 2 is 2.00 bits per heavy atom. The average molecular weight is 251 g/mol. The fraction of sp³-hybridized carbons (Fsp3) is 0.667. The van der Waals surface area contributed by atoms with Gasteiger partial charge in [0.2, 0.25) is 5.91 Å². The van der Waals surface area contributed by atoms with Crippen molar-refractivity contribution in [2.75, 3.05) is 19.0 Å². The number of ether oxygens (including phenoxy) is 1. The molecule has 0 bridgehead atoms. The number of esters is 1. The zero-order chi connectivity index (χ0) is 12.4. The summed E-state index contributed by atoms with van der Waals surface area (Å²) in [6.45, 7) is 2.36. The summed E-state index contributed by atoms with van der Waals surface area (Å²) >= 11 is 5.18. The Balaban J connectivity index is 3.48. The maximum Gasteiger partial charge on any atom is 0.321 e. The molecule has 0 spiro atoms. The summed E-state index contributed by atoms with van der Waals surface area (Å²) in [7, 11) is 0. The number of carbonyl (C=O) groups excluding carboxylic acids is 3. The molecule has 0 aliphatic heterocycles. The maximum absolute atomic E-state index is 11.0. The van der Waals surface area contributed by atoms with Gasteiger partial charge in [-0.2, -0.15) is 0 Å². The minimum absolute atomic E-state index is 0.234. The molecule has 0 fully saturated rings. The number of imide groups is 1. The molecule has 0 heterocycles. The normalized spacial score (nSPS) is 9.38. The Morgan fingerprint density at radius 1 is 1.31 bits per heavy atom.